The average Bonchev–Trinajstić information content (AvgIpc) is 2.80. The van der Waals surface area contributed by atoms with Gasteiger partial charge in [0.05, 0.1) is 35.6 Å². The minimum atomic E-state index is -1.89. The number of carbonyl (C=O) groups is 2. The van der Waals surface area contributed by atoms with Crippen molar-refractivity contribution in [2.75, 3.05) is 13.2 Å². The van der Waals surface area contributed by atoms with Gasteiger partial charge >= 0.3 is 11.9 Å². The quantitative estimate of drug-likeness (QED) is 0.411. The van der Waals surface area contributed by atoms with Crippen molar-refractivity contribution in [1.29, 1.82) is 0 Å². The van der Waals surface area contributed by atoms with Crippen molar-refractivity contribution >= 4 is 39.2 Å². The molecular formula is C26H40O6Si2. The Labute approximate surface area is 206 Å². The van der Waals surface area contributed by atoms with E-state index in [0.29, 0.717) is 19.0 Å². The lowest BCUT2D eigenvalue weighted by atomic mass is 10.3. The molecule has 0 saturated heterocycles. The second-order valence-electron chi connectivity index (χ2n) is 8.98. The zero-order valence-corrected chi connectivity index (χ0v) is 23.9. The Hall–Kier alpha value is -2.59. The van der Waals surface area contributed by atoms with E-state index < -0.39 is 23.0 Å². The summed E-state index contributed by atoms with van der Waals surface area (Å²) >= 11 is 0. The lowest BCUT2D eigenvalue weighted by molar-refractivity contribution is -0.150. The first kappa shape index (κ1) is 29.4. The number of esters is 2. The predicted molar refractivity (Wildman–Crippen MR) is 143 cm³/mol. The third-order valence-corrected chi connectivity index (χ3v) is 11.8. The zero-order valence-electron chi connectivity index (χ0n) is 21.8. The van der Waals surface area contributed by atoms with E-state index in [1.165, 1.54) is 5.19 Å². The zero-order chi connectivity index (χ0) is 25.9. The van der Waals surface area contributed by atoms with Crippen LogP contribution in [0.5, 0.6) is 11.5 Å². The van der Waals surface area contributed by atoms with Gasteiger partial charge in [-0.05, 0) is 45.0 Å². The molecule has 8 heteroatoms. The van der Waals surface area contributed by atoms with Crippen LogP contribution in [-0.2, 0) is 19.1 Å². The van der Waals surface area contributed by atoms with Crippen LogP contribution in [0.4, 0.5) is 0 Å². The average molecular weight is 505 g/mol. The summed E-state index contributed by atoms with van der Waals surface area (Å²) in [4.78, 5) is 23.2. The lowest BCUT2D eigenvalue weighted by Gasteiger charge is -2.28. The molecule has 0 aliphatic rings. The van der Waals surface area contributed by atoms with E-state index >= 15 is 0 Å². The Kier molecular flexibility index (Phi) is 12.1. The number of carbonyl (C=O) groups excluding carboxylic acids is 2. The fourth-order valence-electron chi connectivity index (χ4n) is 3.15. The number of hydrogen-bond acceptors (Lipinski definition) is 6. The van der Waals surface area contributed by atoms with Crippen molar-refractivity contribution in [2.24, 2.45) is 0 Å². The van der Waals surface area contributed by atoms with Gasteiger partial charge in [-0.25, -0.2) is 4.79 Å². The van der Waals surface area contributed by atoms with Crippen molar-refractivity contribution in [2.45, 2.75) is 65.5 Å². The fourth-order valence-corrected chi connectivity index (χ4v) is 6.31. The second kappa shape index (κ2) is 14.0. The Morgan fingerprint density at radius 1 is 0.882 bits per heavy atom. The maximum absolute atomic E-state index is 11.8. The van der Waals surface area contributed by atoms with E-state index in [4.69, 9.17) is 14.2 Å². The summed E-state index contributed by atoms with van der Waals surface area (Å²) in [5.74, 6) is 0.512. The van der Waals surface area contributed by atoms with Crippen LogP contribution in [0.15, 0.2) is 48.5 Å². The first-order valence-electron chi connectivity index (χ1n) is 11.8. The normalized spacial score (nSPS) is 12.7. The van der Waals surface area contributed by atoms with E-state index in [-0.39, 0.29) is 23.2 Å². The molecule has 0 fully saturated rings. The molecule has 0 aromatic heterocycles. The number of ether oxygens (including phenoxy) is 3. The molecule has 0 spiro atoms. The van der Waals surface area contributed by atoms with Crippen LogP contribution in [0, 0.1) is 0 Å². The highest BCUT2D eigenvalue weighted by atomic mass is 28.3. The molecule has 1 N–H and O–H groups in total. The highest BCUT2D eigenvalue weighted by Crippen LogP contribution is 2.23. The van der Waals surface area contributed by atoms with Crippen molar-refractivity contribution in [1.82, 2.24) is 0 Å². The van der Waals surface area contributed by atoms with Gasteiger partial charge in [0.15, 0.2) is 6.10 Å². The van der Waals surface area contributed by atoms with Gasteiger partial charge in [-0.2, -0.15) is 0 Å². The summed E-state index contributed by atoms with van der Waals surface area (Å²) in [5, 5.41) is 11.8. The number of rotatable bonds is 9. The molecule has 188 valence electrons. The lowest BCUT2D eigenvalue weighted by Crippen LogP contribution is -2.48. The molecule has 6 nitrogen and oxygen atoms in total. The molecule has 0 bridgehead atoms. The standard InChI is InChI=1S/2C13H20O3Si/c1-5-15-13(14)10(2)16-11-6-8-12(9-7-11)17(3)4;1-5-16-13(15)10(2)17(3,4)12-8-6-11(14)7-9-12/h6-10,17H,5H2,1-4H3;6-10,14H,5H2,1-4H3. The van der Waals surface area contributed by atoms with E-state index in [2.05, 4.69) is 38.3 Å². The molecule has 2 atom stereocenters. The molecule has 2 aromatic rings. The van der Waals surface area contributed by atoms with E-state index in [1.807, 2.05) is 38.1 Å². The SMILES string of the molecule is CCOC(=O)C(C)Oc1ccc([SiH](C)C)cc1.CCOC(=O)C(C)[Si](C)(C)c1ccc(O)cc1. The first-order chi connectivity index (χ1) is 15.9. The topological polar surface area (TPSA) is 82.1 Å². The number of phenolic OH excluding ortho intramolecular Hbond substituents is 1. The minimum Gasteiger partial charge on any atom is -0.508 e. The van der Waals surface area contributed by atoms with Crippen LogP contribution in [0.25, 0.3) is 0 Å². The van der Waals surface area contributed by atoms with Gasteiger partial charge in [-0.3, -0.25) is 4.79 Å². The second-order valence-corrected chi connectivity index (χ2v) is 16.8. The van der Waals surface area contributed by atoms with Crippen molar-refractivity contribution < 1.29 is 28.9 Å². The Balaban J connectivity index is 0.000000340. The number of aromatic hydroxyl groups is 1. The molecule has 2 unspecified atom stereocenters. The highest BCUT2D eigenvalue weighted by Gasteiger charge is 2.36. The summed E-state index contributed by atoms with van der Waals surface area (Å²) in [6, 6.07) is 15.1. The van der Waals surface area contributed by atoms with E-state index in [1.54, 1.807) is 26.0 Å². The van der Waals surface area contributed by atoms with E-state index in [9.17, 15) is 14.7 Å². The van der Waals surface area contributed by atoms with Crippen LogP contribution in [0.3, 0.4) is 0 Å². The van der Waals surface area contributed by atoms with Gasteiger partial charge in [0.25, 0.3) is 0 Å². The van der Waals surface area contributed by atoms with Gasteiger partial charge in [0.1, 0.15) is 11.5 Å². The van der Waals surface area contributed by atoms with Crippen LogP contribution >= 0.6 is 0 Å². The molecular weight excluding hydrogens is 464 g/mol. The van der Waals surface area contributed by atoms with Gasteiger partial charge in [0.2, 0.25) is 0 Å². The Bertz CT molecular complexity index is 895. The van der Waals surface area contributed by atoms with Crippen LogP contribution in [0.2, 0.25) is 31.7 Å². The molecule has 2 rings (SSSR count). The van der Waals surface area contributed by atoms with E-state index in [0.717, 1.165) is 5.19 Å². The summed E-state index contributed by atoms with van der Waals surface area (Å²) < 4.78 is 15.5. The maximum atomic E-state index is 11.8. The van der Waals surface area contributed by atoms with Gasteiger partial charge in [-0.15, -0.1) is 0 Å². The Morgan fingerprint density at radius 2 is 1.38 bits per heavy atom. The number of hydrogen-bond donors (Lipinski definition) is 1. The monoisotopic (exact) mass is 504 g/mol. The van der Waals surface area contributed by atoms with Crippen LogP contribution in [-0.4, -0.2) is 53.2 Å². The summed E-state index contributed by atoms with van der Waals surface area (Å²) in [5.41, 5.74) is -0.0907. The molecule has 2 aromatic carbocycles. The van der Waals surface area contributed by atoms with Gasteiger partial charge in [0, 0.05) is 0 Å². The third kappa shape index (κ3) is 8.98. The highest BCUT2D eigenvalue weighted by molar-refractivity contribution is 6.93. The molecule has 0 heterocycles. The number of benzene rings is 2. The predicted octanol–water partition coefficient (Wildman–Crippen LogP) is 3.97. The molecule has 0 saturated carbocycles. The molecule has 0 amide bonds. The van der Waals surface area contributed by atoms with Gasteiger partial charge in [-0.1, -0.05) is 67.8 Å². The van der Waals surface area contributed by atoms with Crippen LogP contribution in [0.1, 0.15) is 27.7 Å². The van der Waals surface area contributed by atoms with Crippen molar-refractivity contribution in [3.63, 3.8) is 0 Å². The molecule has 0 radical (unpaired) electrons. The molecule has 0 aliphatic carbocycles. The van der Waals surface area contributed by atoms with Gasteiger partial charge < -0.3 is 19.3 Å². The largest absolute Gasteiger partial charge is 0.508 e. The summed E-state index contributed by atoms with van der Waals surface area (Å²) in [6.45, 7) is 16.9. The van der Waals surface area contributed by atoms with Crippen molar-refractivity contribution in [3.05, 3.63) is 48.5 Å². The van der Waals surface area contributed by atoms with Crippen LogP contribution < -0.4 is 15.1 Å². The molecule has 0 aliphatic heterocycles. The summed E-state index contributed by atoms with van der Waals surface area (Å²) in [7, 11) is -2.65. The summed E-state index contributed by atoms with van der Waals surface area (Å²) in [6.07, 6.45) is -0.558. The molecule has 34 heavy (non-hydrogen) atoms. The van der Waals surface area contributed by atoms with Crippen molar-refractivity contribution in [3.8, 4) is 11.5 Å². The number of phenols is 1. The smallest absolute Gasteiger partial charge is 0.347 e. The fraction of sp³-hybridized carbons (Fsp3) is 0.462. The maximum Gasteiger partial charge on any atom is 0.347 e. The third-order valence-electron chi connectivity index (χ3n) is 5.81. The minimum absolute atomic E-state index is 0.0907. The first-order valence-corrected chi connectivity index (χ1v) is 17.8. The Morgan fingerprint density at radius 3 is 1.85 bits per heavy atom.